The first kappa shape index (κ1) is 27.3. The van der Waals surface area contributed by atoms with Crippen molar-refractivity contribution in [3.8, 4) is 0 Å². The van der Waals surface area contributed by atoms with Gasteiger partial charge in [-0.05, 0) is 24.5 Å². The number of carbonyl (C=O) groups is 2. The molecule has 196 valence electrons. The largest absolute Gasteiger partial charge is 0.463 e. The highest BCUT2D eigenvalue weighted by molar-refractivity contribution is 5.83. The molecular weight excluding hydrogens is 476 g/mol. The van der Waals surface area contributed by atoms with Crippen LogP contribution in [0.3, 0.4) is 0 Å². The molecule has 0 aliphatic carbocycles. The summed E-state index contributed by atoms with van der Waals surface area (Å²) in [6.45, 7) is 1.53. The molecule has 2 heterocycles. The van der Waals surface area contributed by atoms with Crippen molar-refractivity contribution < 1.29 is 32.6 Å². The van der Waals surface area contributed by atoms with Crippen LogP contribution in [0.5, 0.6) is 0 Å². The molecule has 1 fully saturated rings. The molecule has 2 atom stereocenters. The number of ether oxygens (including phenoxy) is 3. The normalized spacial score (nSPS) is 18.5. The minimum absolute atomic E-state index is 0.0452. The number of nitrogens with one attached hydrogen (secondary N) is 1. The van der Waals surface area contributed by atoms with Gasteiger partial charge < -0.3 is 14.2 Å². The van der Waals surface area contributed by atoms with E-state index in [1.54, 1.807) is 0 Å². The van der Waals surface area contributed by atoms with Gasteiger partial charge in [-0.2, -0.15) is 4.98 Å². The summed E-state index contributed by atoms with van der Waals surface area (Å²) in [4.78, 5) is 39.7. The molecule has 0 bridgehead atoms. The van der Waals surface area contributed by atoms with Gasteiger partial charge in [0.25, 0.3) is 5.92 Å². The third kappa shape index (κ3) is 8.40. The minimum atomic E-state index is -3.22. The lowest BCUT2D eigenvalue weighted by Gasteiger charge is -2.18. The van der Waals surface area contributed by atoms with Crippen molar-refractivity contribution in [3.05, 3.63) is 58.6 Å². The molecular formula is C25H31F2N3O6. The van der Waals surface area contributed by atoms with Gasteiger partial charge in [0, 0.05) is 19.0 Å². The molecule has 0 spiro atoms. The molecule has 0 radical (unpaired) electrons. The molecule has 1 saturated heterocycles. The first-order chi connectivity index (χ1) is 17.3. The Labute approximate surface area is 207 Å². The van der Waals surface area contributed by atoms with Crippen LogP contribution in [0.1, 0.15) is 44.6 Å². The van der Waals surface area contributed by atoms with E-state index in [1.165, 1.54) is 12.3 Å². The van der Waals surface area contributed by atoms with Crippen LogP contribution in [-0.4, -0.2) is 53.0 Å². The average Bonchev–Trinajstić information content (AvgIpc) is 3.14. The third-order valence-corrected chi connectivity index (χ3v) is 5.67. The molecule has 9 nitrogen and oxygen atoms in total. The van der Waals surface area contributed by atoms with Gasteiger partial charge in [-0.1, -0.05) is 50.1 Å². The van der Waals surface area contributed by atoms with Gasteiger partial charge in [0.05, 0.1) is 19.3 Å². The summed E-state index contributed by atoms with van der Waals surface area (Å²) in [7, 11) is 0. The van der Waals surface area contributed by atoms with E-state index in [-0.39, 0.29) is 25.5 Å². The summed E-state index contributed by atoms with van der Waals surface area (Å²) in [5, 5.41) is 2.34. The molecule has 0 unspecified atom stereocenters. The van der Waals surface area contributed by atoms with Crippen LogP contribution in [0.25, 0.3) is 0 Å². The third-order valence-electron chi connectivity index (χ3n) is 5.67. The van der Waals surface area contributed by atoms with Gasteiger partial charge in [-0.25, -0.2) is 18.4 Å². The van der Waals surface area contributed by atoms with Crippen molar-refractivity contribution in [2.24, 2.45) is 0 Å². The first-order valence-corrected chi connectivity index (χ1v) is 12.0. The second-order valence-corrected chi connectivity index (χ2v) is 8.60. The minimum Gasteiger partial charge on any atom is -0.463 e. The molecule has 1 aromatic carbocycles. The Balaban J connectivity index is 1.46. The predicted molar refractivity (Wildman–Crippen MR) is 127 cm³/mol. The maximum Gasteiger partial charge on any atom is 0.412 e. The highest BCUT2D eigenvalue weighted by atomic mass is 19.3. The molecule has 1 aliphatic heterocycles. The van der Waals surface area contributed by atoms with Gasteiger partial charge in [0.2, 0.25) is 0 Å². The smallest absolute Gasteiger partial charge is 0.412 e. The lowest BCUT2D eigenvalue weighted by molar-refractivity contribution is -0.148. The van der Waals surface area contributed by atoms with E-state index in [0.29, 0.717) is 6.42 Å². The Bertz CT molecular complexity index is 1060. The number of benzene rings is 1. The maximum absolute atomic E-state index is 14.5. The van der Waals surface area contributed by atoms with Crippen LogP contribution in [-0.2, 0) is 32.0 Å². The lowest BCUT2D eigenvalue weighted by Crippen LogP contribution is -2.37. The number of hydrogen-bond donors (Lipinski definition) is 1. The second-order valence-electron chi connectivity index (χ2n) is 8.60. The molecule has 3 rings (SSSR count). The fourth-order valence-electron chi connectivity index (χ4n) is 3.71. The number of esters is 1. The van der Waals surface area contributed by atoms with E-state index in [9.17, 15) is 23.2 Å². The number of unbranched alkanes of at least 4 members (excludes halogenated alkanes) is 2. The molecule has 11 heteroatoms. The molecule has 1 N–H and O–H groups in total. The van der Waals surface area contributed by atoms with Crippen molar-refractivity contribution >= 4 is 17.9 Å². The zero-order valence-corrected chi connectivity index (χ0v) is 20.2. The zero-order chi connectivity index (χ0) is 26.0. The summed E-state index contributed by atoms with van der Waals surface area (Å²) in [6.07, 6.45) is 0.539. The van der Waals surface area contributed by atoms with E-state index in [0.717, 1.165) is 29.4 Å². The number of halogens is 2. The standard InChI is InChI=1S/C25H31F2N3O6/c1-2-3-7-14-34-24(33)29-21-12-13-30(23(32)28-21)16-20-25(26,27)15-19(36-20)17-35-22(31)11-10-18-8-5-4-6-9-18/h4-6,8-9,12-13,19-20H,2-3,7,10-11,14-17H2,1H3,(H,28,29,32,33)/t19-,20-/m0/s1. The number of amides is 1. The molecule has 0 saturated carbocycles. The SMILES string of the molecule is CCCCCOC(=O)Nc1ccn(C[C@@H]2O[C@H](COC(=O)CCc3ccccc3)CC2(F)F)c(=O)n1. The topological polar surface area (TPSA) is 109 Å². The number of rotatable bonds is 12. The Morgan fingerprint density at radius 1 is 1.19 bits per heavy atom. The fourth-order valence-corrected chi connectivity index (χ4v) is 3.71. The number of nitrogens with zero attached hydrogens (tertiary/aromatic N) is 2. The van der Waals surface area contributed by atoms with Crippen molar-refractivity contribution in [1.82, 2.24) is 9.55 Å². The summed E-state index contributed by atoms with van der Waals surface area (Å²) < 4.78 is 45.5. The van der Waals surface area contributed by atoms with Gasteiger partial charge in [-0.3, -0.25) is 14.7 Å². The van der Waals surface area contributed by atoms with Crippen LogP contribution in [0.15, 0.2) is 47.4 Å². The highest BCUT2D eigenvalue weighted by Gasteiger charge is 2.50. The number of carbonyl (C=O) groups excluding carboxylic acids is 2. The second kappa shape index (κ2) is 13.1. The van der Waals surface area contributed by atoms with Crippen LogP contribution in [0.2, 0.25) is 0 Å². The van der Waals surface area contributed by atoms with Crippen LogP contribution >= 0.6 is 0 Å². The van der Waals surface area contributed by atoms with Crippen molar-refractivity contribution in [2.75, 3.05) is 18.5 Å². The van der Waals surface area contributed by atoms with E-state index >= 15 is 0 Å². The number of aryl methyl sites for hydroxylation is 1. The number of hydrogen-bond acceptors (Lipinski definition) is 7. The van der Waals surface area contributed by atoms with Gasteiger partial charge in [0.15, 0.2) is 0 Å². The maximum atomic E-state index is 14.5. The van der Waals surface area contributed by atoms with Crippen LogP contribution in [0, 0.1) is 0 Å². The predicted octanol–water partition coefficient (Wildman–Crippen LogP) is 3.95. The number of aromatic nitrogens is 2. The molecule has 36 heavy (non-hydrogen) atoms. The molecule has 1 aromatic heterocycles. The average molecular weight is 508 g/mol. The summed E-state index contributed by atoms with van der Waals surface area (Å²) >= 11 is 0. The van der Waals surface area contributed by atoms with Crippen molar-refractivity contribution in [2.45, 2.75) is 70.1 Å². The van der Waals surface area contributed by atoms with E-state index in [1.807, 2.05) is 37.3 Å². The Morgan fingerprint density at radius 3 is 2.69 bits per heavy atom. The van der Waals surface area contributed by atoms with Gasteiger partial charge >= 0.3 is 17.8 Å². The van der Waals surface area contributed by atoms with Crippen molar-refractivity contribution in [3.63, 3.8) is 0 Å². The number of anilines is 1. The zero-order valence-electron chi connectivity index (χ0n) is 20.2. The quantitative estimate of drug-likeness (QED) is 0.342. The van der Waals surface area contributed by atoms with Crippen LogP contribution in [0.4, 0.5) is 19.4 Å². The Hall–Kier alpha value is -3.34. The van der Waals surface area contributed by atoms with E-state index < -0.39 is 48.8 Å². The van der Waals surface area contributed by atoms with Gasteiger partial charge in [0.1, 0.15) is 18.5 Å². The van der Waals surface area contributed by atoms with Crippen molar-refractivity contribution in [1.29, 1.82) is 0 Å². The summed E-state index contributed by atoms with van der Waals surface area (Å²) in [5.74, 6) is -3.77. The van der Waals surface area contributed by atoms with Crippen LogP contribution < -0.4 is 11.0 Å². The summed E-state index contributed by atoms with van der Waals surface area (Å²) in [6, 6.07) is 10.7. The summed E-state index contributed by atoms with van der Waals surface area (Å²) in [5.41, 5.74) is 0.149. The highest BCUT2D eigenvalue weighted by Crippen LogP contribution is 2.36. The fraction of sp³-hybridized carbons (Fsp3) is 0.520. The molecule has 1 amide bonds. The Morgan fingerprint density at radius 2 is 1.97 bits per heavy atom. The van der Waals surface area contributed by atoms with Gasteiger partial charge in [-0.15, -0.1) is 0 Å². The lowest BCUT2D eigenvalue weighted by atomic mass is 10.1. The van der Waals surface area contributed by atoms with E-state index in [4.69, 9.17) is 14.2 Å². The Kier molecular flexibility index (Phi) is 9.92. The monoisotopic (exact) mass is 507 g/mol. The number of alkyl halides is 2. The molecule has 2 aromatic rings. The van der Waals surface area contributed by atoms with E-state index in [2.05, 4.69) is 10.3 Å². The molecule has 1 aliphatic rings. The first-order valence-electron chi connectivity index (χ1n) is 12.0.